The molecule has 2 aliphatic rings. The Morgan fingerprint density at radius 1 is 1.28 bits per heavy atom. The first-order valence-corrected chi connectivity index (χ1v) is 8.51. The van der Waals surface area contributed by atoms with Gasteiger partial charge in [0.15, 0.2) is 9.84 Å². The molecule has 6 heteroatoms. The molecule has 0 bridgehead atoms. The number of carbonyl (C=O) groups excluding carboxylic acids is 1. The highest BCUT2D eigenvalue weighted by Gasteiger charge is 2.41. The molecule has 1 aliphatic carbocycles. The number of amides is 1. The molecular formula is C12H22N2O3S. The zero-order valence-corrected chi connectivity index (χ0v) is 11.5. The van der Waals surface area contributed by atoms with Gasteiger partial charge in [0, 0.05) is 12.6 Å². The maximum Gasteiger partial charge on any atom is 0.227 e. The van der Waals surface area contributed by atoms with Crippen LogP contribution in [0.25, 0.3) is 0 Å². The van der Waals surface area contributed by atoms with Gasteiger partial charge in [0.1, 0.15) is 0 Å². The molecule has 0 aromatic carbocycles. The lowest BCUT2D eigenvalue weighted by Gasteiger charge is -2.30. The number of carbonyl (C=O) groups is 1. The minimum absolute atomic E-state index is 0.0374. The van der Waals surface area contributed by atoms with E-state index < -0.39 is 15.3 Å². The Morgan fingerprint density at radius 2 is 1.94 bits per heavy atom. The van der Waals surface area contributed by atoms with Crippen LogP contribution >= 0.6 is 0 Å². The molecule has 1 aliphatic heterocycles. The molecule has 1 heterocycles. The molecule has 0 spiro atoms. The second-order valence-corrected chi connectivity index (χ2v) is 7.85. The maximum atomic E-state index is 12.3. The zero-order valence-electron chi connectivity index (χ0n) is 10.7. The van der Waals surface area contributed by atoms with Crippen molar-refractivity contribution in [2.75, 3.05) is 18.1 Å². The van der Waals surface area contributed by atoms with Gasteiger partial charge in [-0.05, 0) is 25.7 Å². The van der Waals surface area contributed by atoms with Crippen LogP contribution in [-0.4, -0.2) is 38.4 Å². The van der Waals surface area contributed by atoms with Crippen molar-refractivity contribution in [1.82, 2.24) is 5.32 Å². The summed E-state index contributed by atoms with van der Waals surface area (Å²) in [6, 6.07) is -0.222. The van der Waals surface area contributed by atoms with E-state index in [9.17, 15) is 13.2 Å². The first kappa shape index (κ1) is 13.8. The van der Waals surface area contributed by atoms with Crippen LogP contribution in [0.3, 0.4) is 0 Å². The van der Waals surface area contributed by atoms with Gasteiger partial charge < -0.3 is 11.1 Å². The Morgan fingerprint density at radius 3 is 2.50 bits per heavy atom. The highest BCUT2D eigenvalue weighted by Crippen LogP contribution is 2.37. The van der Waals surface area contributed by atoms with Crippen LogP contribution in [0.5, 0.6) is 0 Å². The lowest BCUT2D eigenvalue weighted by Crippen LogP contribution is -2.51. The molecule has 1 amide bonds. The molecular weight excluding hydrogens is 252 g/mol. The second-order valence-electron chi connectivity index (χ2n) is 5.62. The van der Waals surface area contributed by atoms with E-state index in [1.54, 1.807) is 0 Å². The van der Waals surface area contributed by atoms with Gasteiger partial charge in [-0.3, -0.25) is 4.79 Å². The summed E-state index contributed by atoms with van der Waals surface area (Å²) in [6.07, 6.45) is 5.12. The van der Waals surface area contributed by atoms with E-state index in [0.717, 1.165) is 32.1 Å². The van der Waals surface area contributed by atoms with Crippen LogP contribution in [-0.2, 0) is 14.6 Å². The van der Waals surface area contributed by atoms with Gasteiger partial charge in [0.2, 0.25) is 5.91 Å². The van der Waals surface area contributed by atoms with Crippen molar-refractivity contribution in [1.29, 1.82) is 0 Å². The summed E-state index contributed by atoms with van der Waals surface area (Å²) in [5.41, 5.74) is 5.31. The molecule has 1 saturated heterocycles. The normalized spacial score (nSPS) is 29.9. The summed E-state index contributed by atoms with van der Waals surface area (Å²) >= 11 is 0. The van der Waals surface area contributed by atoms with E-state index in [1.807, 2.05) is 0 Å². The van der Waals surface area contributed by atoms with Crippen molar-refractivity contribution >= 4 is 15.7 Å². The lowest BCUT2D eigenvalue weighted by atomic mass is 9.85. The summed E-state index contributed by atoms with van der Waals surface area (Å²) in [5, 5.41) is 2.91. The van der Waals surface area contributed by atoms with Gasteiger partial charge in [0.05, 0.1) is 16.9 Å². The van der Waals surface area contributed by atoms with Crippen molar-refractivity contribution in [3.63, 3.8) is 0 Å². The van der Waals surface area contributed by atoms with Gasteiger partial charge >= 0.3 is 0 Å². The standard InChI is InChI=1S/C12H22N2O3S/c13-9-12(5-1-2-6-12)11(15)14-10-4-3-7-18(16,17)8-10/h10H,1-9,13H2,(H,14,15). The average molecular weight is 274 g/mol. The smallest absolute Gasteiger partial charge is 0.227 e. The van der Waals surface area contributed by atoms with Crippen molar-refractivity contribution in [2.45, 2.75) is 44.6 Å². The van der Waals surface area contributed by atoms with Gasteiger partial charge in [0.25, 0.3) is 0 Å². The van der Waals surface area contributed by atoms with E-state index in [0.29, 0.717) is 13.0 Å². The second kappa shape index (κ2) is 5.17. The molecule has 1 saturated carbocycles. The summed E-state index contributed by atoms with van der Waals surface area (Å²) in [7, 11) is -2.97. The fraction of sp³-hybridized carbons (Fsp3) is 0.917. The van der Waals surface area contributed by atoms with Gasteiger partial charge in [-0.2, -0.15) is 0 Å². The number of rotatable bonds is 3. The Labute approximate surface area is 108 Å². The quantitative estimate of drug-likeness (QED) is 0.769. The summed E-state index contributed by atoms with van der Waals surface area (Å²) in [6.45, 7) is 0.359. The molecule has 1 atom stereocenters. The summed E-state index contributed by atoms with van der Waals surface area (Å²) < 4.78 is 23.1. The summed E-state index contributed by atoms with van der Waals surface area (Å²) in [4.78, 5) is 12.3. The van der Waals surface area contributed by atoms with Gasteiger partial charge in [-0.25, -0.2) is 8.42 Å². The van der Waals surface area contributed by atoms with Crippen LogP contribution in [0.2, 0.25) is 0 Å². The van der Waals surface area contributed by atoms with Crippen LogP contribution in [0.4, 0.5) is 0 Å². The van der Waals surface area contributed by atoms with Gasteiger partial charge in [-0.15, -0.1) is 0 Å². The third-order valence-electron chi connectivity index (χ3n) is 4.23. The third-order valence-corrected chi connectivity index (χ3v) is 6.05. The monoisotopic (exact) mass is 274 g/mol. The van der Waals surface area contributed by atoms with Crippen molar-refractivity contribution < 1.29 is 13.2 Å². The van der Waals surface area contributed by atoms with Crippen molar-refractivity contribution in [3.05, 3.63) is 0 Å². The molecule has 0 radical (unpaired) electrons. The number of nitrogens with two attached hydrogens (primary N) is 1. The van der Waals surface area contributed by atoms with Crippen molar-refractivity contribution in [2.24, 2.45) is 11.1 Å². The Kier molecular flexibility index (Phi) is 3.96. The molecule has 2 fully saturated rings. The number of sulfone groups is 1. The minimum atomic E-state index is -2.97. The molecule has 5 nitrogen and oxygen atoms in total. The van der Waals surface area contributed by atoms with E-state index in [4.69, 9.17) is 5.73 Å². The van der Waals surface area contributed by atoms with E-state index in [1.165, 1.54) is 0 Å². The number of hydrogen-bond donors (Lipinski definition) is 2. The highest BCUT2D eigenvalue weighted by molar-refractivity contribution is 7.91. The largest absolute Gasteiger partial charge is 0.352 e. The Balaban J connectivity index is 1.98. The van der Waals surface area contributed by atoms with Crippen LogP contribution in [0, 0.1) is 5.41 Å². The molecule has 18 heavy (non-hydrogen) atoms. The minimum Gasteiger partial charge on any atom is -0.352 e. The van der Waals surface area contributed by atoms with Crippen LogP contribution in [0.1, 0.15) is 38.5 Å². The molecule has 104 valence electrons. The first-order chi connectivity index (χ1) is 8.47. The number of hydrogen-bond acceptors (Lipinski definition) is 4. The molecule has 3 N–H and O–H groups in total. The van der Waals surface area contributed by atoms with E-state index in [-0.39, 0.29) is 23.5 Å². The highest BCUT2D eigenvalue weighted by atomic mass is 32.2. The molecule has 0 aromatic rings. The van der Waals surface area contributed by atoms with Crippen LogP contribution in [0.15, 0.2) is 0 Å². The lowest BCUT2D eigenvalue weighted by molar-refractivity contribution is -0.131. The maximum absolute atomic E-state index is 12.3. The molecule has 2 rings (SSSR count). The zero-order chi connectivity index (χ0) is 13.2. The topological polar surface area (TPSA) is 89.3 Å². The predicted molar refractivity (Wildman–Crippen MR) is 69.8 cm³/mol. The summed E-state index contributed by atoms with van der Waals surface area (Å²) in [5.74, 6) is 0.297. The fourth-order valence-corrected chi connectivity index (χ4v) is 4.69. The van der Waals surface area contributed by atoms with Crippen molar-refractivity contribution in [3.8, 4) is 0 Å². The Hall–Kier alpha value is -0.620. The van der Waals surface area contributed by atoms with Gasteiger partial charge in [-0.1, -0.05) is 12.8 Å². The number of nitrogens with one attached hydrogen (secondary N) is 1. The van der Waals surface area contributed by atoms with E-state index in [2.05, 4.69) is 5.32 Å². The molecule has 1 unspecified atom stereocenters. The predicted octanol–water partition coefficient (Wildman–Crippen LogP) is 0.199. The molecule has 0 aromatic heterocycles. The SMILES string of the molecule is NCC1(C(=O)NC2CCCS(=O)(=O)C2)CCCC1. The fourth-order valence-electron chi connectivity index (χ4n) is 3.05. The Bertz CT molecular complexity index is 413. The van der Waals surface area contributed by atoms with Crippen LogP contribution < -0.4 is 11.1 Å². The average Bonchev–Trinajstić information content (AvgIpc) is 2.77. The third kappa shape index (κ3) is 2.85. The first-order valence-electron chi connectivity index (χ1n) is 6.69. The van der Waals surface area contributed by atoms with E-state index >= 15 is 0 Å².